The minimum absolute atomic E-state index is 0.0772. The van der Waals surface area contributed by atoms with Crippen molar-refractivity contribution in [2.75, 3.05) is 6.61 Å². The van der Waals surface area contributed by atoms with Crippen molar-refractivity contribution in [3.63, 3.8) is 0 Å². The highest BCUT2D eigenvalue weighted by Gasteiger charge is 2.47. The Hall–Kier alpha value is -1.42. The lowest BCUT2D eigenvalue weighted by Gasteiger charge is -2.30. The van der Waals surface area contributed by atoms with Gasteiger partial charge in [0.2, 0.25) is 5.91 Å². The zero-order chi connectivity index (χ0) is 14.1. The van der Waals surface area contributed by atoms with Gasteiger partial charge in [-0.1, -0.05) is 12.1 Å². The Morgan fingerprint density at radius 2 is 2.15 bits per heavy atom. The molecular weight excluding hydrogens is 257 g/mol. The van der Waals surface area contributed by atoms with Crippen LogP contribution in [0.2, 0.25) is 0 Å². The van der Waals surface area contributed by atoms with Crippen LogP contribution in [-0.4, -0.2) is 23.7 Å². The van der Waals surface area contributed by atoms with E-state index >= 15 is 0 Å². The van der Waals surface area contributed by atoms with Crippen molar-refractivity contribution in [3.8, 4) is 0 Å². The summed E-state index contributed by atoms with van der Waals surface area (Å²) in [4.78, 5) is 12.1. The first-order chi connectivity index (χ1) is 9.67. The Morgan fingerprint density at radius 3 is 2.90 bits per heavy atom. The Balaban J connectivity index is 1.61. The Labute approximate surface area is 118 Å². The molecule has 2 saturated carbocycles. The third-order valence-corrected chi connectivity index (χ3v) is 4.88. The van der Waals surface area contributed by atoms with E-state index in [-0.39, 0.29) is 36.7 Å². The smallest absolute Gasteiger partial charge is 0.224 e. The maximum Gasteiger partial charge on any atom is 0.224 e. The van der Waals surface area contributed by atoms with Gasteiger partial charge >= 0.3 is 0 Å². The number of fused-ring (bicyclic) bond motifs is 2. The van der Waals surface area contributed by atoms with Crippen LogP contribution in [0.3, 0.4) is 0 Å². The highest BCUT2D eigenvalue weighted by Crippen LogP contribution is 2.48. The monoisotopic (exact) mass is 277 g/mol. The molecule has 2 fully saturated rings. The zero-order valence-electron chi connectivity index (χ0n) is 11.4. The van der Waals surface area contributed by atoms with Crippen LogP contribution in [0.4, 0.5) is 4.39 Å². The fraction of sp³-hybridized carbons (Fsp3) is 0.562. The van der Waals surface area contributed by atoms with E-state index in [0.717, 1.165) is 12.8 Å². The third kappa shape index (κ3) is 2.57. The lowest BCUT2D eigenvalue weighted by atomic mass is 9.85. The van der Waals surface area contributed by atoms with E-state index in [2.05, 4.69) is 5.32 Å². The molecule has 1 amide bonds. The van der Waals surface area contributed by atoms with Crippen LogP contribution in [0, 0.1) is 23.6 Å². The van der Waals surface area contributed by atoms with Gasteiger partial charge in [0.25, 0.3) is 0 Å². The number of nitrogens with one attached hydrogen (secondary N) is 1. The summed E-state index contributed by atoms with van der Waals surface area (Å²) >= 11 is 0. The lowest BCUT2D eigenvalue weighted by molar-refractivity contribution is -0.122. The minimum atomic E-state index is -0.316. The van der Waals surface area contributed by atoms with Gasteiger partial charge in [0.15, 0.2) is 0 Å². The van der Waals surface area contributed by atoms with Gasteiger partial charge in [-0.25, -0.2) is 4.39 Å². The lowest BCUT2D eigenvalue weighted by Crippen LogP contribution is -2.45. The number of carbonyl (C=O) groups is 1. The molecule has 4 unspecified atom stereocenters. The maximum absolute atomic E-state index is 13.1. The summed E-state index contributed by atoms with van der Waals surface area (Å²) in [6.45, 7) is 0.145. The molecule has 1 aromatic carbocycles. The molecular formula is C16H20FNO2. The number of hydrogen-bond acceptors (Lipinski definition) is 2. The largest absolute Gasteiger partial charge is 0.396 e. The van der Waals surface area contributed by atoms with Gasteiger partial charge in [0.1, 0.15) is 5.82 Å². The van der Waals surface area contributed by atoms with Gasteiger partial charge in [0, 0.05) is 18.6 Å². The maximum atomic E-state index is 13.1. The molecule has 0 aromatic heterocycles. The predicted octanol–water partition coefficient (Wildman–Crippen LogP) is 1.89. The highest BCUT2D eigenvalue weighted by atomic mass is 19.1. The van der Waals surface area contributed by atoms with Crippen molar-refractivity contribution < 1.29 is 14.3 Å². The number of aliphatic hydroxyl groups excluding tert-OH is 1. The average molecular weight is 277 g/mol. The van der Waals surface area contributed by atoms with E-state index in [1.54, 1.807) is 12.1 Å². The molecule has 3 nitrogen and oxygen atoms in total. The second-order valence-corrected chi connectivity index (χ2v) is 6.08. The summed E-state index contributed by atoms with van der Waals surface area (Å²) in [5.74, 6) is 0.873. The van der Waals surface area contributed by atoms with Crippen LogP contribution in [0.1, 0.15) is 24.8 Å². The van der Waals surface area contributed by atoms with Crippen molar-refractivity contribution in [3.05, 3.63) is 35.6 Å². The van der Waals surface area contributed by atoms with Gasteiger partial charge < -0.3 is 10.4 Å². The van der Waals surface area contributed by atoms with Crippen molar-refractivity contribution >= 4 is 5.91 Å². The molecule has 20 heavy (non-hydrogen) atoms. The van der Waals surface area contributed by atoms with E-state index < -0.39 is 0 Å². The number of halogens is 1. The fourth-order valence-electron chi connectivity index (χ4n) is 3.97. The molecule has 2 N–H and O–H groups in total. The fourth-order valence-corrected chi connectivity index (χ4v) is 3.97. The second-order valence-electron chi connectivity index (χ2n) is 6.08. The number of hydrogen-bond donors (Lipinski definition) is 2. The first-order valence-corrected chi connectivity index (χ1v) is 7.32. The van der Waals surface area contributed by atoms with Crippen LogP contribution in [0.15, 0.2) is 24.3 Å². The molecule has 0 radical (unpaired) electrons. The van der Waals surface area contributed by atoms with Crippen LogP contribution in [0.25, 0.3) is 0 Å². The van der Waals surface area contributed by atoms with Gasteiger partial charge in [-0.2, -0.15) is 0 Å². The van der Waals surface area contributed by atoms with E-state index in [1.165, 1.54) is 18.6 Å². The molecule has 1 aromatic rings. The number of rotatable bonds is 4. The number of carbonyl (C=O) groups excluding carboxylic acids is 1. The predicted molar refractivity (Wildman–Crippen MR) is 73.4 cm³/mol. The Bertz CT molecular complexity index is 505. The average Bonchev–Trinajstić information content (AvgIpc) is 2.99. The van der Waals surface area contributed by atoms with Gasteiger partial charge in [-0.05, 0) is 48.8 Å². The van der Waals surface area contributed by atoms with Gasteiger partial charge in [0.05, 0.1) is 6.42 Å². The summed E-state index contributed by atoms with van der Waals surface area (Å²) in [6, 6.07) is 6.24. The second kappa shape index (κ2) is 5.52. The molecule has 108 valence electrons. The molecule has 2 aliphatic rings. The molecule has 3 rings (SSSR count). The van der Waals surface area contributed by atoms with Crippen LogP contribution < -0.4 is 5.32 Å². The number of amides is 1. The number of benzene rings is 1. The molecule has 4 atom stereocenters. The van der Waals surface area contributed by atoms with Crippen LogP contribution in [-0.2, 0) is 11.2 Å². The first-order valence-electron chi connectivity index (χ1n) is 7.32. The summed E-state index contributed by atoms with van der Waals surface area (Å²) in [5.41, 5.74) is 0.686. The SMILES string of the molecule is O=C(Cc1cccc(F)c1)NC1C2CCC(C2)C1CO. The zero-order valence-corrected chi connectivity index (χ0v) is 11.4. The summed E-state index contributed by atoms with van der Waals surface area (Å²) in [5, 5.41) is 12.6. The normalized spacial score (nSPS) is 31.5. The van der Waals surface area contributed by atoms with Crippen molar-refractivity contribution in [2.24, 2.45) is 17.8 Å². The summed E-state index contributed by atoms with van der Waals surface area (Å²) < 4.78 is 13.1. The summed E-state index contributed by atoms with van der Waals surface area (Å²) in [7, 11) is 0. The van der Waals surface area contributed by atoms with Crippen molar-refractivity contribution in [1.29, 1.82) is 0 Å². The van der Waals surface area contributed by atoms with E-state index in [4.69, 9.17) is 0 Å². The quantitative estimate of drug-likeness (QED) is 0.883. The molecule has 0 saturated heterocycles. The Morgan fingerprint density at radius 1 is 1.35 bits per heavy atom. The van der Waals surface area contributed by atoms with Gasteiger partial charge in [-0.3, -0.25) is 4.79 Å². The standard InChI is InChI=1S/C16H20FNO2/c17-13-3-1-2-10(6-13)7-15(20)18-16-12-5-4-11(8-12)14(16)9-19/h1-3,6,11-12,14,16,19H,4-5,7-9H2,(H,18,20). The summed E-state index contributed by atoms with van der Waals surface area (Å²) in [6.07, 6.45) is 3.64. The van der Waals surface area contributed by atoms with E-state index in [9.17, 15) is 14.3 Å². The molecule has 2 bridgehead atoms. The van der Waals surface area contributed by atoms with E-state index in [1.807, 2.05) is 0 Å². The van der Waals surface area contributed by atoms with E-state index in [0.29, 0.717) is 17.4 Å². The molecule has 2 aliphatic carbocycles. The van der Waals surface area contributed by atoms with Gasteiger partial charge in [-0.15, -0.1) is 0 Å². The topological polar surface area (TPSA) is 49.3 Å². The highest BCUT2D eigenvalue weighted by molar-refractivity contribution is 5.79. The Kier molecular flexibility index (Phi) is 3.74. The molecule has 0 spiro atoms. The molecule has 0 heterocycles. The van der Waals surface area contributed by atoms with Crippen LogP contribution >= 0.6 is 0 Å². The first kappa shape index (κ1) is 13.6. The van der Waals surface area contributed by atoms with Crippen molar-refractivity contribution in [2.45, 2.75) is 31.7 Å². The molecule has 4 heteroatoms. The third-order valence-electron chi connectivity index (χ3n) is 4.88. The number of aliphatic hydroxyl groups is 1. The van der Waals surface area contributed by atoms with Crippen molar-refractivity contribution in [1.82, 2.24) is 5.32 Å². The molecule has 0 aliphatic heterocycles. The minimum Gasteiger partial charge on any atom is -0.396 e. The van der Waals surface area contributed by atoms with Crippen LogP contribution in [0.5, 0.6) is 0 Å².